The van der Waals surface area contributed by atoms with Gasteiger partial charge in [0.05, 0.1) is 32.1 Å². The maximum atomic E-state index is 10.5. The summed E-state index contributed by atoms with van der Waals surface area (Å²) in [5, 5.41) is 11.6. The predicted molar refractivity (Wildman–Crippen MR) is 72.7 cm³/mol. The first-order valence-corrected chi connectivity index (χ1v) is 6.51. The Balaban J connectivity index is 0.000000149. The number of aromatic hydroxyl groups is 1. The summed E-state index contributed by atoms with van der Waals surface area (Å²) in [5.41, 5.74) is 0.444. The molecule has 0 radical (unpaired) electrons. The van der Waals surface area contributed by atoms with Crippen LogP contribution in [0, 0.1) is 0 Å². The van der Waals surface area contributed by atoms with Crippen molar-refractivity contribution < 1.29 is 24.1 Å². The molecule has 0 spiro atoms. The van der Waals surface area contributed by atoms with Crippen molar-refractivity contribution in [3.63, 3.8) is 0 Å². The van der Waals surface area contributed by atoms with Crippen LogP contribution in [0.1, 0.15) is 6.92 Å². The molecule has 1 aromatic carbocycles. The van der Waals surface area contributed by atoms with E-state index in [-0.39, 0.29) is 11.7 Å². The maximum Gasteiger partial charge on any atom is 0.221 e. The second kappa shape index (κ2) is 7.23. The van der Waals surface area contributed by atoms with Gasteiger partial charge in [0.15, 0.2) is 0 Å². The van der Waals surface area contributed by atoms with E-state index in [0.29, 0.717) is 17.9 Å². The lowest BCUT2D eigenvalue weighted by molar-refractivity contribution is -0.114. The molecule has 2 unspecified atom stereocenters. The number of phenols is 1. The molecular weight excluding hydrogens is 262 g/mol. The largest absolute Gasteiger partial charge is 0.506 e. The van der Waals surface area contributed by atoms with Crippen LogP contribution in [0.3, 0.4) is 0 Å². The highest BCUT2D eigenvalue weighted by Crippen LogP contribution is 2.20. The molecule has 2 heterocycles. The molecule has 6 heteroatoms. The molecule has 3 rings (SSSR count). The molecule has 2 saturated heterocycles. The number of phenolic OH excluding ortho intramolecular Hbond substituents is 1. The van der Waals surface area contributed by atoms with E-state index in [1.165, 1.54) is 13.0 Å². The fraction of sp³-hybridized carbons (Fsp3) is 0.500. The van der Waals surface area contributed by atoms with E-state index in [2.05, 4.69) is 5.32 Å². The minimum atomic E-state index is -0.188. The van der Waals surface area contributed by atoms with Crippen LogP contribution in [-0.2, 0) is 19.0 Å². The van der Waals surface area contributed by atoms with E-state index < -0.39 is 0 Å². The van der Waals surface area contributed by atoms with Gasteiger partial charge in [0, 0.05) is 6.92 Å². The standard InChI is InChI=1S/C8H9NO2.C6H10O3/c1-6(10)9-7-4-2-3-5-8(7)11;1(5-3-8-5)7-2-6-4-9-6/h2-5,11H,1H3,(H,9,10);5-6H,1-4H2. The highest BCUT2D eigenvalue weighted by atomic mass is 16.6. The van der Waals surface area contributed by atoms with Crippen molar-refractivity contribution in [1.29, 1.82) is 0 Å². The highest BCUT2D eigenvalue weighted by molar-refractivity contribution is 5.90. The molecule has 0 saturated carbocycles. The van der Waals surface area contributed by atoms with Crippen molar-refractivity contribution in [2.24, 2.45) is 0 Å². The number of para-hydroxylation sites is 2. The third-order valence-electron chi connectivity index (χ3n) is 2.63. The minimum absolute atomic E-state index is 0.0858. The average molecular weight is 281 g/mol. The van der Waals surface area contributed by atoms with E-state index in [1.807, 2.05) is 0 Å². The Hall–Kier alpha value is -1.63. The van der Waals surface area contributed by atoms with Gasteiger partial charge < -0.3 is 24.6 Å². The third-order valence-corrected chi connectivity index (χ3v) is 2.63. The third kappa shape index (κ3) is 6.01. The predicted octanol–water partition coefficient (Wildman–Crippen LogP) is 1.15. The summed E-state index contributed by atoms with van der Waals surface area (Å²) >= 11 is 0. The number of epoxide rings is 2. The number of hydrogen-bond donors (Lipinski definition) is 2. The Labute approximate surface area is 117 Å². The molecule has 0 aromatic heterocycles. The van der Waals surface area contributed by atoms with Gasteiger partial charge >= 0.3 is 0 Å². The summed E-state index contributed by atoms with van der Waals surface area (Å²) < 4.78 is 15.1. The molecule has 1 amide bonds. The summed E-state index contributed by atoms with van der Waals surface area (Å²) in [5.74, 6) is -0.103. The molecule has 2 aliphatic heterocycles. The topological polar surface area (TPSA) is 83.6 Å². The molecule has 2 aliphatic rings. The van der Waals surface area contributed by atoms with Crippen LogP contribution >= 0.6 is 0 Å². The van der Waals surface area contributed by atoms with Crippen LogP contribution in [-0.4, -0.2) is 49.6 Å². The summed E-state index contributed by atoms with van der Waals surface area (Å²) in [6.45, 7) is 4.66. The Morgan fingerprint density at radius 3 is 2.30 bits per heavy atom. The first-order valence-electron chi connectivity index (χ1n) is 6.51. The van der Waals surface area contributed by atoms with Crippen LogP contribution in [0.2, 0.25) is 0 Å². The number of rotatable bonds is 5. The molecule has 1 aromatic rings. The Bertz CT molecular complexity index is 431. The van der Waals surface area contributed by atoms with Crippen molar-refractivity contribution in [2.45, 2.75) is 19.1 Å². The van der Waals surface area contributed by atoms with Gasteiger partial charge in [-0.25, -0.2) is 0 Å². The Kier molecular flexibility index (Phi) is 5.34. The second-order valence-electron chi connectivity index (χ2n) is 4.65. The van der Waals surface area contributed by atoms with Crippen molar-refractivity contribution in [1.82, 2.24) is 0 Å². The molecule has 6 nitrogen and oxygen atoms in total. The van der Waals surface area contributed by atoms with E-state index >= 15 is 0 Å². The number of amides is 1. The zero-order chi connectivity index (χ0) is 14.4. The smallest absolute Gasteiger partial charge is 0.221 e. The second-order valence-corrected chi connectivity index (χ2v) is 4.65. The number of carbonyl (C=O) groups is 1. The molecule has 2 N–H and O–H groups in total. The lowest BCUT2D eigenvalue weighted by Gasteiger charge is -2.02. The van der Waals surface area contributed by atoms with Crippen LogP contribution < -0.4 is 5.32 Å². The maximum absolute atomic E-state index is 10.5. The quantitative estimate of drug-likeness (QED) is 0.625. The normalized spacial score (nSPS) is 22.4. The monoisotopic (exact) mass is 281 g/mol. The van der Waals surface area contributed by atoms with Gasteiger partial charge in [0.2, 0.25) is 5.91 Å². The highest BCUT2D eigenvalue weighted by Gasteiger charge is 2.26. The molecular formula is C14H19NO5. The summed E-state index contributed by atoms with van der Waals surface area (Å²) in [7, 11) is 0. The van der Waals surface area contributed by atoms with Crippen molar-refractivity contribution in [3.05, 3.63) is 24.3 Å². The molecule has 20 heavy (non-hydrogen) atoms. The SMILES string of the molecule is C(OCC1CO1)C1CO1.CC(=O)Nc1ccccc1O. The first kappa shape index (κ1) is 14.8. The number of anilines is 1. The Morgan fingerprint density at radius 2 is 1.85 bits per heavy atom. The van der Waals surface area contributed by atoms with E-state index in [9.17, 15) is 4.79 Å². The van der Waals surface area contributed by atoms with E-state index in [0.717, 1.165) is 26.4 Å². The minimum Gasteiger partial charge on any atom is -0.506 e. The zero-order valence-electron chi connectivity index (χ0n) is 11.4. The van der Waals surface area contributed by atoms with Gasteiger partial charge in [-0.2, -0.15) is 0 Å². The molecule has 0 bridgehead atoms. The number of carbonyl (C=O) groups excluding carboxylic acids is 1. The lowest BCUT2D eigenvalue weighted by atomic mass is 10.3. The number of ether oxygens (including phenoxy) is 3. The summed E-state index contributed by atoms with van der Waals surface area (Å²) in [4.78, 5) is 10.5. The van der Waals surface area contributed by atoms with Crippen molar-refractivity contribution in [3.8, 4) is 5.75 Å². The fourth-order valence-corrected chi connectivity index (χ4v) is 1.43. The molecule has 2 atom stereocenters. The van der Waals surface area contributed by atoms with Crippen LogP contribution in [0.15, 0.2) is 24.3 Å². The van der Waals surface area contributed by atoms with Crippen LogP contribution in [0.5, 0.6) is 5.75 Å². The van der Waals surface area contributed by atoms with Gasteiger partial charge in [-0.15, -0.1) is 0 Å². The average Bonchev–Trinajstić information content (AvgIpc) is 3.26. The number of benzene rings is 1. The first-order chi connectivity index (χ1) is 9.65. The van der Waals surface area contributed by atoms with Gasteiger partial charge in [0.1, 0.15) is 18.0 Å². The molecule has 2 fully saturated rings. The summed E-state index contributed by atoms with van der Waals surface area (Å²) in [6.07, 6.45) is 0.785. The molecule has 110 valence electrons. The van der Waals surface area contributed by atoms with Gasteiger partial charge in [-0.1, -0.05) is 12.1 Å². The number of hydrogen-bond acceptors (Lipinski definition) is 5. The lowest BCUT2D eigenvalue weighted by Crippen LogP contribution is -2.06. The van der Waals surface area contributed by atoms with Crippen molar-refractivity contribution >= 4 is 11.6 Å². The van der Waals surface area contributed by atoms with Crippen molar-refractivity contribution in [2.75, 3.05) is 31.7 Å². The fourth-order valence-electron chi connectivity index (χ4n) is 1.43. The van der Waals surface area contributed by atoms with E-state index in [1.54, 1.807) is 18.2 Å². The van der Waals surface area contributed by atoms with Gasteiger partial charge in [0.25, 0.3) is 0 Å². The van der Waals surface area contributed by atoms with Gasteiger partial charge in [-0.05, 0) is 12.1 Å². The van der Waals surface area contributed by atoms with Crippen LogP contribution in [0.4, 0.5) is 5.69 Å². The Morgan fingerprint density at radius 1 is 1.30 bits per heavy atom. The van der Waals surface area contributed by atoms with E-state index in [4.69, 9.17) is 19.3 Å². The zero-order valence-corrected chi connectivity index (χ0v) is 11.4. The summed E-state index contributed by atoms with van der Waals surface area (Å²) in [6, 6.07) is 6.59. The van der Waals surface area contributed by atoms with Crippen LogP contribution in [0.25, 0.3) is 0 Å². The number of nitrogens with one attached hydrogen (secondary N) is 1. The van der Waals surface area contributed by atoms with Gasteiger partial charge in [-0.3, -0.25) is 4.79 Å². The molecule has 0 aliphatic carbocycles.